The van der Waals surface area contributed by atoms with E-state index >= 15 is 0 Å². The monoisotopic (exact) mass is 501 g/mol. The molecule has 3 aromatic rings. The molecule has 186 valence electrons. The second-order valence-electron chi connectivity index (χ2n) is 8.92. The van der Waals surface area contributed by atoms with Gasteiger partial charge in [-0.15, -0.1) is 12.4 Å². The van der Waals surface area contributed by atoms with Gasteiger partial charge in [0.05, 0.1) is 18.9 Å². The maximum atomic E-state index is 13.5. The van der Waals surface area contributed by atoms with E-state index in [0.29, 0.717) is 30.4 Å². The Bertz CT molecular complexity index is 1420. The highest BCUT2D eigenvalue weighted by Gasteiger charge is 2.32. The number of aromatic amines is 3. The molecule has 2 aromatic heterocycles. The van der Waals surface area contributed by atoms with Crippen LogP contribution in [0, 0.1) is 5.82 Å². The summed E-state index contributed by atoms with van der Waals surface area (Å²) in [7, 11) is 0. The predicted octanol–water partition coefficient (Wildman–Crippen LogP) is 1.36. The van der Waals surface area contributed by atoms with Gasteiger partial charge in [0.25, 0.3) is 11.1 Å². The summed E-state index contributed by atoms with van der Waals surface area (Å²) in [5.74, 6) is 0.987. The molecule has 10 heteroatoms. The van der Waals surface area contributed by atoms with E-state index in [2.05, 4.69) is 27.2 Å². The molecular weight excluding hydrogens is 473 g/mol. The van der Waals surface area contributed by atoms with E-state index in [1.54, 1.807) is 18.2 Å². The largest absolute Gasteiger partial charge is 0.378 e. The molecule has 35 heavy (non-hydrogen) atoms. The van der Waals surface area contributed by atoms with Crippen LogP contribution in [0.5, 0.6) is 0 Å². The van der Waals surface area contributed by atoms with E-state index in [0.717, 1.165) is 37.3 Å². The third kappa shape index (κ3) is 5.63. The van der Waals surface area contributed by atoms with Crippen LogP contribution in [0.4, 0.5) is 4.39 Å². The van der Waals surface area contributed by atoms with Crippen molar-refractivity contribution in [1.82, 2.24) is 25.3 Å². The van der Waals surface area contributed by atoms with Crippen LogP contribution < -0.4 is 27.1 Å². The first kappa shape index (κ1) is 25.1. The standard InChI is InChI=1S/C25H28FN5O3.ClH/c1-2-17(21-13-34-9-8-27-21)23-28-18(22(31-23)15-6-7-15)12-20-25(33)29-19(24(32)30-20)11-14-4-3-5-16(26)10-14;/h3-5,10-12,15,17,21,27H,2,6-9,13H2,1H3,(H,28,31)(H,29,33)(H,30,32);1H/b19-11-,20-12-;. The van der Waals surface area contributed by atoms with Crippen molar-refractivity contribution in [3.8, 4) is 0 Å². The molecule has 2 unspecified atom stereocenters. The summed E-state index contributed by atoms with van der Waals surface area (Å²) in [6.45, 7) is 4.28. The third-order valence-corrected chi connectivity index (χ3v) is 6.42. The average Bonchev–Trinajstić information content (AvgIpc) is 3.59. The van der Waals surface area contributed by atoms with E-state index in [9.17, 15) is 14.0 Å². The summed E-state index contributed by atoms with van der Waals surface area (Å²) in [5, 5.41) is 3.71. The van der Waals surface area contributed by atoms with Gasteiger partial charge in [0.15, 0.2) is 0 Å². The van der Waals surface area contributed by atoms with Crippen LogP contribution in [0.3, 0.4) is 0 Å². The number of halogens is 2. The Kier molecular flexibility index (Phi) is 7.69. The molecular formula is C25H29ClFN5O3. The molecule has 2 fully saturated rings. The van der Waals surface area contributed by atoms with Crippen molar-refractivity contribution >= 4 is 24.6 Å². The molecule has 1 saturated heterocycles. The van der Waals surface area contributed by atoms with Gasteiger partial charge < -0.3 is 25.0 Å². The van der Waals surface area contributed by atoms with Crippen molar-refractivity contribution in [2.75, 3.05) is 19.8 Å². The van der Waals surface area contributed by atoms with Gasteiger partial charge in [-0.2, -0.15) is 0 Å². The maximum absolute atomic E-state index is 13.5. The molecule has 0 spiro atoms. The summed E-state index contributed by atoms with van der Waals surface area (Å²) < 4.78 is 19.1. The molecule has 0 bridgehead atoms. The second kappa shape index (κ2) is 10.7. The van der Waals surface area contributed by atoms with Crippen LogP contribution >= 0.6 is 12.4 Å². The highest BCUT2D eigenvalue weighted by molar-refractivity contribution is 5.85. The number of nitrogens with one attached hydrogen (secondary N) is 4. The Morgan fingerprint density at radius 2 is 1.89 bits per heavy atom. The molecule has 8 nitrogen and oxygen atoms in total. The lowest BCUT2D eigenvalue weighted by Crippen LogP contribution is -2.46. The number of aromatic nitrogens is 4. The number of hydrogen-bond donors (Lipinski definition) is 4. The summed E-state index contributed by atoms with van der Waals surface area (Å²) in [5.41, 5.74) is 1.25. The molecule has 4 N–H and O–H groups in total. The number of hydrogen-bond acceptors (Lipinski definition) is 5. The molecule has 2 atom stereocenters. The Morgan fingerprint density at radius 3 is 2.51 bits per heavy atom. The topological polar surface area (TPSA) is 116 Å². The fourth-order valence-electron chi connectivity index (χ4n) is 4.50. The number of nitrogens with zero attached hydrogens (tertiary/aromatic N) is 1. The Labute approximate surface area is 207 Å². The van der Waals surface area contributed by atoms with Crippen LogP contribution in [0.15, 0.2) is 33.9 Å². The predicted molar refractivity (Wildman–Crippen MR) is 134 cm³/mol. The lowest BCUT2D eigenvalue weighted by atomic mass is 9.96. The van der Waals surface area contributed by atoms with Crippen molar-refractivity contribution in [2.45, 2.75) is 44.1 Å². The van der Waals surface area contributed by atoms with E-state index in [1.807, 2.05) is 0 Å². The first-order chi connectivity index (χ1) is 16.5. The quantitative estimate of drug-likeness (QED) is 0.407. The summed E-state index contributed by atoms with van der Waals surface area (Å²) in [6, 6.07) is 5.98. The molecule has 2 aliphatic rings. The first-order valence-electron chi connectivity index (χ1n) is 11.7. The number of H-pyrrole nitrogens is 3. The van der Waals surface area contributed by atoms with Crippen molar-refractivity contribution in [3.05, 3.63) is 84.3 Å². The fourth-order valence-corrected chi connectivity index (χ4v) is 4.50. The van der Waals surface area contributed by atoms with E-state index < -0.39 is 16.9 Å². The van der Waals surface area contributed by atoms with Crippen LogP contribution in [0.2, 0.25) is 0 Å². The van der Waals surface area contributed by atoms with Gasteiger partial charge in [0, 0.05) is 30.1 Å². The summed E-state index contributed by atoms with van der Waals surface area (Å²) in [6.07, 6.45) is 6.11. The van der Waals surface area contributed by atoms with Crippen LogP contribution in [-0.2, 0) is 4.74 Å². The van der Waals surface area contributed by atoms with Gasteiger partial charge >= 0.3 is 0 Å². The molecule has 0 radical (unpaired) electrons. The molecule has 1 saturated carbocycles. The SMILES string of the molecule is CCC(c1nc(/C=c2\[nH]c(=O)/c(=C/c3cccc(F)c3)[nH]c2=O)c(C2CC2)[nH]1)C1COCCN1.Cl. The number of benzene rings is 1. The van der Waals surface area contributed by atoms with Crippen LogP contribution in [0.25, 0.3) is 12.2 Å². The Balaban J connectivity index is 0.00000289. The molecule has 0 amide bonds. The minimum Gasteiger partial charge on any atom is -0.378 e. The molecule has 5 rings (SSSR count). The average molecular weight is 502 g/mol. The smallest absolute Gasteiger partial charge is 0.272 e. The summed E-state index contributed by atoms with van der Waals surface area (Å²) >= 11 is 0. The first-order valence-corrected chi connectivity index (χ1v) is 11.7. The van der Waals surface area contributed by atoms with E-state index in [4.69, 9.17) is 9.72 Å². The number of imidazole rings is 1. The van der Waals surface area contributed by atoms with Crippen molar-refractivity contribution < 1.29 is 9.13 Å². The lowest BCUT2D eigenvalue weighted by Gasteiger charge is -2.29. The number of rotatable bonds is 6. The van der Waals surface area contributed by atoms with Crippen LogP contribution in [-0.4, -0.2) is 45.7 Å². The van der Waals surface area contributed by atoms with Crippen molar-refractivity contribution in [2.24, 2.45) is 0 Å². The van der Waals surface area contributed by atoms with Gasteiger partial charge in [-0.05, 0) is 49.1 Å². The zero-order valence-electron chi connectivity index (χ0n) is 19.4. The minimum atomic E-state index is -0.464. The van der Waals surface area contributed by atoms with Gasteiger partial charge in [0.2, 0.25) is 0 Å². The number of ether oxygens (including phenoxy) is 1. The van der Waals surface area contributed by atoms with Gasteiger partial charge in [-0.3, -0.25) is 9.59 Å². The normalized spacial score (nSPS) is 20.0. The molecule has 3 heterocycles. The minimum absolute atomic E-state index is 0. The van der Waals surface area contributed by atoms with Crippen LogP contribution in [0.1, 0.15) is 60.8 Å². The Morgan fingerprint density at radius 1 is 1.14 bits per heavy atom. The van der Waals surface area contributed by atoms with Crippen molar-refractivity contribution in [3.63, 3.8) is 0 Å². The maximum Gasteiger partial charge on any atom is 0.272 e. The van der Waals surface area contributed by atoms with E-state index in [1.165, 1.54) is 18.2 Å². The Hall–Kier alpha value is -3.01. The zero-order valence-corrected chi connectivity index (χ0v) is 20.2. The fraction of sp³-hybridized carbons (Fsp3) is 0.400. The molecule has 1 aromatic carbocycles. The number of morpholine rings is 1. The highest BCUT2D eigenvalue weighted by Crippen LogP contribution is 2.41. The molecule has 1 aliphatic carbocycles. The third-order valence-electron chi connectivity index (χ3n) is 6.42. The van der Waals surface area contributed by atoms with Gasteiger partial charge in [-0.1, -0.05) is 19.1 Å². The van der Waals surface area contributed by atoms with Gasteiger partial charge in [-0.25, -0.2) is 9.37 Å². The van der Waals surface area contributed by atoms with E-state index in [-0.39, 0.29) is 35.1 Å². The second-order valence-corrected chi connectivity index (χ2v) is 8.92. The summed E-state index contributed by atoms with van der Waals surface area (Å²) in [4.78, 5) is 39.1. The highest BCUT2D eigenvalue weighted by atomic mass is 35.5. The van der Waals surface area contributed by atoms with Gasteiger partial charge in [0.1, 0.15) is 22.3 Å². The lowest BCUT2D eigenvalue weighted by molar-refractivity contribution is 0.0664. The zero-order chi connectivity index (χ0) is 23.7. The molecule has 1 aliphatic heterocycles. The van der Waals surface area contributed by atoms with Crippen molar-refractivity contribution in [1.29, 1.82) is 0 Å².